The van der Waals surface area contributed by atoms with Gasteiger partial charge in [-0.1, -0.05) is 49.4 Å². The molecule has 0 atom stereocenters. The fourth-order valence-electron chi connectivity index (χ4n) is 4.65. The van der Waals surface area contributed by atoms with Gasteiger partial charge in [0.1, 0.15) is 5.69 Å². The molecule has 5 rings (SSSR count). The van der Waals surface area contributed by atoms with Crippen molar-refractivity contribution in [1.29, 1.82) is 0 Å². The molecule has 0 unspecified atom stereocenters. The number of anilines is 1. The van der Waals surface area contributed by atoms with Crippen LogP contribution in [-0.4, -0.2) is 27.8 Å². The summed E-state index contributed by atoms with van der Waals surface area (Å²) in [7, 11) is 0. The van der Waals surface area contributed by atoms with Gasteiger partial charge in [-0.25, -0.2) is 0 Å². The van der Waals surface area contributed by atoms with Gasteiger partial charge < -0.3 is 4.90 Å². The molecule has 0 N–H and O–H groups in total. The molecule has 0 amide bonds. The molecule has 2 heterocycles. The number of piperidine rings is 1. The highest BCUT2D eigenvalue weighted by Crippen LogP contribution is 2.31. The Morgan fingerprint density at radius 2 is 1.65 bits per heavy atom. The summed E-state index contributed by atoms with van der Waals surface area (Å²) in [5.41, 5.74) is 3.23. The Morgan fingerprint density at radius 3 is 2.32 bits per heavy atom. The molecule has 0 aliphatic carbocycles. The number of rotatable bonds is 5. The standard InChI is InChI=1S/C27H26N4O3/c1-2-19-10-12-20(13-11-19)26-22-8-4-5-9-23(22)27(32)30(28-26)25-18-21(14-15-24(25)31(33)34)29-16-6-3-7-17-29/h4-5,8-15,18H,2-3,6-7,16-17H2,1H3. The molecule has 4 aromatic rings. The summed E-state index contributed by atoms with van der Waals surface area (Å²) in [5, 5.41) is 17.8. The molecule has 0 spiro atoms. The third-order valence-electron chi connectivity index (χ3n) is 6.55. The van der Waals surface area contributed by atoms with Gasteiger partial charge in [-0.15, -0.1) is 0 Å². The molecule has 3 aromatic carbocycles. The van der Waals surface area contributed by atoms with E-state index in [1.54, 1.807) is 24.3 Å². The zero-order valence-corrected chi connectivity index (χ0v) is 19.1. The second-order valence-corrected chi connectivity index (χ2v) is 8.64. The van der Waals surface area contributed by atoms with Crippen LogP contribution in [0.3, 0.4) is 0 Å². The summed E-state index contributed by atoms with van der Waals surface area (Å²) in [6.07, 6.45) is 4.27. The van der Waals surface area contributed by atoms with Crippen LogP contribution in [0.1, 0.15) is 31.7 Å². The minimum absolute atomic E-state index is 0.141. The van der Waals surface area contributed by atoms with Crippen molar-refractivity contribution in [3.63, 3.8) is 0 Å². The Balaban J connectivity index is 1.76. The summed E-state index contributed by atoms with van der Waals surface area (Å²) >= 11 is 0. The maximum atomic E-state index is 13.5. The lowest BCUT2D eigenvalue weighted by molar-refractivity contribution is -0.384. The zero-order valence-electron chi connectivity index (χ0n) is 19.1. The predicted octanol–water partition coefficient (Wildman–Crippen LogP) is 5.51. The Bertz CT molecular complexity index is 1420. The van der Waals surface area contributed by atoms with Crippen LogP contribution in [0.4, 0.5) is 11.4 Å². The second kappa shape index (κ2) is 9.09. The highest BCUT2D eigenvalue weighted by atomic mass is 16.6. The van der Waals surface area contributed by atoms with E-state index < -0.39 is 4.92 Å². The summed E-state index contributed by atoms with van der Waals surface area (Å²) in [6, 6.07) is 20.3. The number of nitro benzene ring substituents is 1. The highest BCUT2D eigenvalue weighted by Gasteiger charge is 2.23. The van der Waals surface area contributed by atoms with Crippen LogP contribution in [-0.2, 0) is 6.42 Å². The van der Waals surface area contributed by atoms with Crippen molar-refractivity contribution < 1.29 is 4.92 Å². The fraction of sp³-hybridized carbons (Fsp3) is 0.259. The van der Waals surface area contributed by atoms with Crippen molar-refractivity contribution in [3.05, 3.63) is 92.8 Å². The molecular formula is C27H26N4O3. The molecule has 0 radical (unpaired) electrons. The van der Waals surface area contributed by atoms with E-state index in [0.717, 1.165) is 49.0 Å². The first-order valence-electron chi connectivity index (χ1n) is 11.7. The van der Waals surface area contributed by atoms with Gasteiger partial charge in [0.25, 0.3) is 11.2 Å². The average Bonchev–Trinajstić information content (AvgIpc) is 2.89. The van der Waals surface area contributed by atoms with Gasteiger partial charge >= 0.3 is 0 Å². The highest BCUT2D eigenvalue weighted by molar-refractivity contribution is 5.94. The monoisotopic (exact) mass is 454 g/mol. The number of hydrogen-bond donors (Lipinski definition) is 0. The number of aryl methyl sites for hydroxylation is 1. The molecule has 172 valence electrons. The zero-order chi connectivity index (χ0) is 23.7. The number of aromatic nitrogens is 2. The normalized spacial score (nSPS) is 13.9. The van der Waals surface area contributed by atoms with Crippen LogP contribution >= 0.6 is 0 Å². The molecule has 0 bridgehead atoms. The summed E-state index contributed by atoms with van der Waals surface area (Å²) in [6.45, 7) is 3.88. The average molecular weight is 455 g/mol. The van der Waals surface area contributed by atoms with Gasteiger partial charge in [-0.05, 0) is 49.4 Å². The maximum absolute atomic E-state index is 13.5. The molecule has 1 aliphatic heterocycles. The SMILES string of the molecule is CCc1ccc(-c2nn(-c3cc(N4CCCCC4)ccc3[N+](=O)[O-])c(=O)c3ccccc23)cc1. The van der Waals surface area contributed by atoms with Gasteiger partial charge in [0.2, 0.25) is 0 Å². The molecule has 0 saturated carbocycles. The van der Waals surface area contributed by atoms with Crippen molar-refractivity contribution in [2.45, 2.75) is 32.6 Å². The Morgan fingerprint density at radius 1 is 0.941 bits per heavy atom. The number of hydrogen-bond acceptors (Lipinski definition) is 5. The van der Waals surface area contributed by atoms with E-state index in [1.807, 2.05) is 36.4 Å². The van der Waals surface area contributed by atoms with E-state index in [2.05, 4.69) is 11.8 Å². The Labute approximate surface area is 197 Å². The van der Waals surface area contributed by atoms with Gasteiger partial charge in [0, 0.05) is 35.8 Å². The lowest BCUT2D eigenvalue weighted by atomic mass is 10.0. The third kappa shape index (κ3) is 3.94. The molecule has 1 saturated heterocycles. The number of benzene rings is 3. The van der Waals surface area contributed by atoms with Crippen LogP contribution in [0.5, 0.6) is 0 Å². The topological polar surface area (TPSA) is 81.3 Å². The summed E-state index contributed by atoms with van der Waals surface area (Å²) < 4.78 is 1.21. The Kier molecular flexibility index (Phi) is 5.84. The van der Waals surface area contributed by atoms with E-state index >= 15 is 0 Å². The molecular weight excluding hydrogens is 428 g/mol. The molecule has 1 aliphatic rings. The maximum Gasteiger partial charge on any atom is 0.295 e. The van der Waals surface area contributed by atoms with Crippen molar-refractivity contribution in [1.82, 2.24) is 9.78 Å². The minimum Gasteiger partial charge on any atom is -0.371 e. The fourth-order valence-corrected chi connectivity index (χ4v) is 4.65. The van der Waals surface area contributed by atoms with Gasteiger partial charge in [0.15, 0.2) is 0 Å². The summed E-state index contributed by atoms with van der Waals surface area (Å²) in [4.78, 5) is 27.2. The van der Waals surface area contributed by atoms with Crippen LogP contribution < -0.4 is 10.5 Å². The van der Waals surface area contributed by atoms with Crippen LogP contribution in [0.2, 0.25) is 0 Å². The smallest absolute Gasteiger partial charge is 0.295 e. The largest absolute Gasteiger partial charge is 0.371 e. The first-order chi connectivity index (χ1) is 16.6. The van der Waals surface area contributed by atoms with Gasteiger partial charge in [-0.2, -0.15) is 9.78 Å². The van der Waals surface area contributed by atoms with Gasteiger partial charge in [0.05, 0.1) is 16.0 Å². The number of nitro groups is 1. The van der Waals surface area contributed by atoms with Crippen LogP contribution in [0, 0.1) is 10.1 Å². The second-order valence-electron chi connectivity index (χ2n) is 8.64. The van der Waals surface area contributed by atoms with Crippen LogP contribution in [0.15, 0.2) is 71.5 Å². The molecule has 7 heteroatoms. The first-order valence-corrected chi connectivity index (χ1v) is 11.7. The van der Waals surface area contributed by atoms with E-state index in [1.165, 1.54) is 22.7 Å². The molecule has 1 fully saturated rings. The van der Waals surface area contributed by atoms with E-state index in [4.69, 9.17) is 5.10 Å². The summed E-state index contributed by atoms with van der Waals surface area (Å²) in [5.74, 6) is 0. The quantitative estimate of drug-likeness (QED) is 0.293. The number of nitrogens with zero attached hydrogens (tertiary/aromatic N) is 4. The van der Waals surface area contributed by atoms with Crippen molar-refractivity contribution in [2.75, 3.05) is 18.0 Å². The van der Waals surface area contributed by atoms with E-state index in [0.29, 0.717) is 11.1 Å². The third-order valence-corrected chi connectivity index (χ3v) is 6.55. The van der Waals surface area contributed by atoms with Crippen molar-refractivity contribution >= 4 is 22.1 Å². The minimum atomic E-state index is -0.450. The van der Waals surface area contributed by atoms with Crippen molar-refractivity contribution in [2.24, 2.45) is 0 Å². The van der Waals surface area contributed by atoms with Crippen LogP contribution in [0.25, 0.3) is 27.7 Å². The van der Waals surface area contributed by atoms with Crippen molar-refractivity contribution in [3.8, 4) is 16.9 Å². The lowest BCUT2D eigenvalue weighted by Crippen LogP contribution is -2.30. The Hall–Kier alpha value is -4.00. The molecule has 1 aromatic heterocycles. The molecule has 34 heavy (non-hydrogen) atoms. The lowest BCUT2D eigenvalue weighted by Gasteiger charge is -2.29. The number of fused-ring (bicyclic) bond motifs is 1. The first kappa shape index (κ1) is 21.8. The van der Waals surface area contributed by atoms with E-state index in [-0.39, 0.29) is 16.9 Å². The predicted molar refractivity (Wildman–Crippen MR) is 135 cm³/mol. The van der Waals surface area contributed by atoms with E-state index in [9.17, 15) is 14.9 Å². The van der Waals surface area contributed by atoms with Gasteiger partial charge in [-0.3, -0.25) is 14.9 Å². The molecule has 7 nitrogen and oxygen atoms in total.